The van der Waals surface area contributed by atoms with Crippen molar-refractivity contribution in [3.63, 3.8) is 0 Å². The molecule has 9 nitrogen and oxygen atoms in total. The molecule has 0 aliphatic carbocycles. The molecule has 0 radical (unpaired) electrons. The number of aromatic amines is 2. The van der Waals surface area contributed by atoms with Gasteiger partial charge in [-0.2, -0.15) is 0 Å². The van der Waals surface area contributed by atoms with Crippen molar-refractivity contribution in [3.8, 4) is 44.9 Å². The highest BCUT2D eigenvalue weighted by atomic mass is 16.5. The van der Waals surface area contributed by atoms with Gasteiger partial charge in [0, 0.05) is 55.6 Å². The highest BCUT2D eigenvalue weighted by Crippen LogP contribution is 2.51. The molecule has 0 atom stereocenters. The second-order valence-electron chi connectivity index (χ2n) is 33.5. The van der Waals surface area contributed by atoms with Crippen LogP contribution in [0.15, 0.2) is 328 Å². The number of rotatable bonds is 27. The van der Waals surface area contributed by atoms with E-state index in [9.17, 15) is 0 Å². The fourth-order valence-electron chi connectivity index (χ4n) is 20.3. The van der Waals surface area contributed by atoms with Gasteiger partial charge in [-0.3, -0.25) is 0 Å². The van der Waals surface area contributed by atoms with Gasteiger partial charge in [0.2, 0.25) is 0 Å². The summed E-state index contributed by atoms with van der Waals surface area (Å²) >= 11 is 0. The zero-order valence-electron chi connectivity index (χ0n) is 73.7. The van der Waals surface area contributed by atoms with Crippen molar-refractivity contribution in [3.05, 3.63) is 395 Å². The van der Waals surface area contributed by atoms with Crippen LogP contribution in [0.4, 0.5) is 34.1 Å². The Labute approximate surface area is 744 Å². The summed E-state index contributed by atoms with van der Waals surface area (Å²) in [5.41, 5.74) is 37.2. The van der Waals surface area contributed by atoms with E-state index in [1.54, 1.807) is 0 Å². The minimum absolute atomic E-state index is 0.381. The predicted octanol–water partition coefficient (Wildman–Crippen LogP) is 32.0. The third-order valence-corrected chi connectivity index (χ3v) is 26.2. The smallest absolute Gasteiger partial charge is 0.120 e. The number of aromatic nitrogens is 4. The van der Waals surface area contributed by atoms with E-state index in [4.69, 9.17) is 24.2 Å². The van der Waals surface area contributed by atoms with E-state index in [2.05, 4.69) is 397 Å². The first-order chi connectivity index (χ1) is 62.6. The largest absolute Gasteiger partial charge is 0.489 e. The van der Waals surface area contributed by atoms with Crippen LogP contribution in [0.5, 0.6) is 11.5 Å². The molecule has 20 rings (SSSR count). The van der Waals surface area contributed by atoms with Gasteiger partial charge in [0.15, 0.2) is 0 Å². The summed E-state index contributed by atoms with van der Waals surface area (Å²) in [5.74, 6) is 1.58. The molecule has 5 heterocycles. The van der Waals surface area contributed by atoms with Crippen molar-refractivity contribution in [2.45, 2.75) is 133 Å². The van der Waals surface area contributed by atoms with Gasteiger partial charge in [0.1, 0.15) is 24.7 Å². The molecule has 0 saturated heterocycles. The highest BCUT2D eigenvalue weighted by Gasteiger charge is 2.29. The number of hydrogen-bond donors (Lipinski definition) is 2. The molecular weight excluding hydrogens is 1550 g/mol. The number of benzene rings is 15. The predicted molar refractivity (Wildman–Crippen MR) is 534 cm³/mol. The van der Waals surface area contributed by atoms with Crippen LogP contribution < -0.4 is 19.3 Å². The van der Waals surface area contributed by atoms with E-state index < -0.39 is 0 Å². The topological polar surface area (TPSA) is 91.5 Å². The number of ether oxygens (including phenoxy) is 3. The molecule has 2 aliphatic heterocycles. The van der Waals surface area contributed by atoms with Crippen LogP contribution in [-0.4, -0.2) is 19.9 Å². The monoisotopic (exact) mass is 1650 g/mol. The number of nitrogens with zero attached hydrogens (tertiary/aromatic N) is 4. The molecule has 0 saturated carbocycles. The average Bonchev–Trinajstić information content (AvgIpc) is 1.68. The fraction of sp³-hybridized carbons (Fsp3) is 0.169. The van der Waals surface area contributed by atoms with Crippen LogP contribution in [-0.2, 0) is 56.8 Å². The lowest BCUT2D eigenvalue weighted by Crippen LogP contribution is -2.12. The van der Waals surface area contributed by atoms with Crippen LogP contribution >= 0.6 is 0 Å². The molecule has 127 heavy (non-hydrogen) atoms. The third-order valence-electron chi connectivity index (χ3n) is 26.2. The molecule has 2 aliphatic rings. The molecule has 0 fully saturated rings. The van der Waals surface area contributed by atoms with E-state index in [0.717, 1.165) is 186 Å². The standard InChI is InChI=1S/C118H104N6O3/c1-9-90-92(11-3)106-69-108-94(13-5)96(15-7)117(121-108)116(118-97(16-8)95(14-6)109(122-118)70-107-93(12-4)91(10-2)105(120-107)68-104(90)119-106)82-56-62-88(63-57-82)126-74-78-32-30-40-89(66-78)127-73-77-48-54-81(55-49-77)113-100-43-28-26-41-98(100)112(99-42-27-29-44-101(99)113)80-52-46-75(47-53-80)71-125-72-76-50-60-87(61-51-76)124(86-38-24-19-25-39-86)111-67-83-59-65-110(103-64-58-79-33-31-45-102(111)114(79)115(83)103)123(84-34-20-17-21-35-84)85-36-22-18-23-37-85/h17-70,119,122H,9-16,71-74H2,1-8H3. The normalized spacial score (nSPS) is 12.3. The number of para-hydroxylation sites is 3. The van der Waals surface area contributed by atoms with Crippen molar-refractivity contribution in [2.75, 3.05) is 9.80 Å². The minimum Gasteiger partial charge on any atom is -0.489 e. The Morgan fingerprint density at radius 1 is 0.268 bits per heavy atom. The van der Waals surface area contributed by atoms with Crippen molar-refractivity contribution >= 4 is 132 Å². The number of hydrogen-bond acceptors (Lipinski definition) is 7. The van der Waals surface area contributed by atoms with Crippen molar-refractivity contribution in [1.82, 2.24) is 19.9 Å². The maximum Gasteiger partial charge on any atom is 0.120 e. The van der Waals surface area contributed by atoms with Crippen molar-refractivity contribution in [1.29, 1.82) is 0 Å². The molecule has 0 amide bonds. The summed E-state index contributed by atoms with van der Waals surface area (Å²) in [5, 5.41) is 12.1. The SMILES string of the molecule is CCC1=C(CC)c2cc3[nH]c(c(CC)c3CC)c(-c3ccc(OCc4cccc(OCc5ccc(-c6c7ccccc7c(-c7ccc(COCc8ccc(N(c9ccccc9)c9cc%10ccc(N(c%11ccccc%11)c%11ccccc%11)c%11ccc%12cccc9c%12c%10%11)cc8)cc7)c7ccccc67)cc5)c4)cc3)c3nc(cc4[nH]c(cc1n2)c(CC)c4CC)C(CC)=C3CC. The van der Waals surface area contributed by atoms with Crippen LogP contribution in [0, 0.1) is 0 Å². The summed E-state index contributed by atoms with van der Waals surface area (Å²) < 4.78 is 19.8. The molecule has 2 N–H and O–H groups in total. The maximum absolute atomic E-state index is 6.66. The maximum atomic E-state index is 6.66. The molecule has 3 aromatic heterocycles. The third kappa shape index (κ3) is 15.1. The molecule has 8 bridgehead atoms. The van der Waals surface area contributed by atoms with Crippen molar-refractivity contribution in [2.24, 2.45) is 0 Å². The molecule has 624 valence electrons. The Hall–Kier alpha value is -14.4. The first-order valence-electron chi connectivity index (χ1n) is 45.6. The van der Waals surface area contributed by atoms with Gasteiger partial charge >= 0.3 is 0 Å². The number of allylic oxidation sites excluding steroid dienone is 4. The van der Waals surface area contributed by atoms with Gasteiger partial charge in [-0.25, -0.2) is 9.97 Å². The zero-order chi connectivity index (χ0) is 86.2. The first kappa shape index (κ1) is 81.0. The van der Waals surface area contributed by atoms with Gasteiger partial charge in [-0.1, -0.05) is 280 Å². The number of anilines is 6. The molecule has 9 heteroatoms. The molecular formula is C118H104N6O3. The lowest BCUT2D eigenvalue weighted by atomic mass is 9.86. The van der Waals surface area contributed by atoms with Crippen LogP contribution in [0.3, 0.4) is 0 Å². The average molecular weight is 1650 g/mol. The van der Waals surface area contributed by atoms with E-state index in [1.165, 1.54) is 110 Å². The molecule has 0 spiro atoms. The Kier molecular flexibility index (Phi) is 22.5. The number of fused-ring (bicyclic) bond motifs is 10. The van der Waals surface area contributed by atoms with Crippen LogP contribution in [0.1, 0.15) is 148 Å². The summed E-state index contributed by atoms with van der Waals surface area (Å²) in [4.78, 5) is 24.0. The molecule has 18 aromatic rings. The van der Waals surface area contributed by atoms with Gasteiger partial charge in [-0.05, 0) is 292 Å². The summed E-state index contributed by atoms with van der Waals surface area (Å²) in [6.45, 7) is 20.0. The van der Waals surface area contributed by atoms with Crippen LogP contribution in [0.2, 0.25) is 0 Å². The Morgan fingerprint density at radius 2 is 0.677 bits per heavy atom. The van der Waals surface area contributed by atoms with E-state index >= 15 is 0 Å². The second-order valence-corrected chi connectivity index (χ2v) is 33.5. The molecule has 0 unspecified atom stereocenters. The van der Waals surface area contributed by atoms with Gasteiger partial charge in [-0.15, -0.1) is 0 Å². The van der Waals surface area contributed by atoms with Gasteiger partial charge in [0.25, 0.3) is 0 Å². The first-order valence-corrected chi connectivity index (χ1v) is 45.6. The minimum atomic E-state index is 0.381. The number of nitrogens with one attached hydrogen (secondary N) is 2. The Morgan fingerprint density at radius 3 is 1.21 bits per heavy atom. The van der Waals surface area contributed by atoms with E-state index in [-0.39, 0.29) is 0 Å². The van der Waals surface area contributed by atoms with E-state index in [0.29, 0.717) is 26.4 Å². The second kappa shape index (κ2) is 35.3. The summed E-state index contributed by atoms with van der Waals surface area (Å²) in [6.07, 6.45) is 7.13. The highest BCUT2D eigenvalue weighted by molar-refractivity contribution is 6.29. The van der Waals surface area contributed by atoms with Gasteiger partial charge < -0.3 is 34.0 Å². The fourth-order valence-corrected chi connectivity index (χ4v) is 20.3. The van der Waals surface area contributed by atoms with E-state index in [1.807, 2.05) is 6.07 Å². The van der Waals surface area contributed by atoms with Crippen LogP contribution in [0.25, 0.3) is 132 Å². The quantitative estimate of drug-likeness (QED) is 0.0391. The lowest BCUT2D eigenvalue weighted by molar-refractivity contribution is 0.107. The zero-order valence-corrected chi connectivity index (χ0v) is 73.7. The summed E-state index contributed by atoms with van der Waals surface area (Å²) in [7, 11) is 0. The number of aryl methyl sites for hydroxylation is 4. The Bertz CT molecular complexity index is 7320. The molecule has 15 aromatic carbocycles. The van der Waals surface area contributed by atoms with Gasteiger partial charge in [0.05, 0.1) is 52.9 Å². The van der Waals surface area contributed by atoms with Crippen molar-refractivity contribution < 1.29 is 14.2 Å². The lowest BCUT2D eigenvalue weighted by Gasteiger charge is -2.30. The Balaban J connectivity index is 0.519. The number of H-pyrrole nitrogens is 2. The summed E-state index contributed by atoms with van der Waals surface area (Å²) in [6, 6.07) is 119.